The Morgan fingerprint density at radius 3 is 3.23 bits per heavy atom. The molecule has 0 aliphatic carbocycles. The van der Waals surface area contributed by atoms with Crippen LogP contribution in [0, 0.1) is 0 Å². The van der Waals surface area contributed by atoms with Crippen LogP contribution in [0.4, 0.5) is 0 Å². The molecule has 1 aromatic carbocycles. The summed E-state index contributed by atoms with van der Waals surface area (Å²) < 4.78 is 0. The van der Waals surface area contributed by atoms with E-state index in [1.54, 1.807) is 0 Å². The molecule has 0 spiro atoms. The second-order valence-corrected chi connectivity index (χ2v) is 3.89. The zero-order valence-corrected chi connectivity index (χ0v) is 7.66. The van der Waals surface area contributed by atoms with Crippen LogP contribution < -0.4 is 5.32 Å². The molecule has 68 valence electrons. The van der Waals surface area contributed by atoms with E-state index in [-0.39, 0.29) is 0 Å². The molecule has 3 rings (SSSR count). The van der Waals surface area contributed by atoms with Crippen molar-refractivity contribution in [1.82, 2.24) is 10.2 Å². The van der Waals surface area contributed by atoms with Crippen molar-refractivity contribution in [2.24, 2.45) is 0 Å². The van der Waals surface area contributed by atoms with E-state index >= 15 is 0 Å². The van der Waals surface area contributed by atoms with E-state index in [2.05, 4.69) is 34.5 Å². The molecule has 0 bridgehead atoms. The Hall–Kier alpha value is -0.860. The van der Waals surface area contributed by atoms with Crippen molar-refractivity contribution < 1.29 is 0 Å². The molecular weight excluding hydrogens is 160 g/mol. The quantitative estimate of drug-likeness (QED) is 0.634. The Kier molecular flexibility index (Phi) is 1.64. The molecule has 1 N–H and O–H groups in total. The average Bonchev–Trinajstić information content (AvgIpc) is 2.56. The highest BCUT2D eigenvalue weighted by atomic mass is 15.2. The molecule has 0 amide bonds. The number of hydrogen-bond donors (Lipinski definition) is 1. The van der Waals surface area contributed by atoms with Crippen LogP contribution >= 0.6 is 0 Å². The summed E-state index contributed by atoms with van der Waals surface area (Å²) in [7, 11) is 0. The number of piperazine rings is 1. The van der Waals surface area contributed by atoms with Gasteiger partial charge in [0.15, 0.2) is 0 Å². The Morgan fingerprint density at radius 1 is 1.31 bits per heavy atom. The highest BCUT2D eigenvalue weighted by Crippen LogP contribution is 2.33. The molecule has 0 radical (unpaired) electrons. The van der Waals surface area contributed by atoms with Gasteiger partial charge in [0.05, 0.1) is 0 Å². The van der Waals surface area contributed by atoms with Crippen LogP contribution in [0.1, 0.15) is 17.2 Å². The summed E-state index contributed by atoms with van der Waals surface area (Å²) in [6.45, 7) is 4.61. The third-order valence-electron chi connectivity index (χ3n) is 3.14. The minimum absolute atomic E-state index is 0.643. The van der Waals surface area contributed by atoms with Crippen LogP contribution in [-0.2, 0) is 6.54 Å². The molecule has 2 aliphatic rings. The summed E-state index contributed by atoms with van der Waals surface area (Å²) in [5, 5.41) is 3.46. The fourth-order valence-corrected chi connectivity index (χ4v) is 2.46. The van der Waals surface area contributed by atoms with Gasteiger partial charge < -0.3 is 5.32 Å². The molecule has 1 unspecified atom stereocenters. The van der Waals surface area contributed by atoms with Gasteiger partial charge in [0, 0.05) is 32.2 Å². The van der Waals surface area contributed by atoms with Crippen molar-refractivity contribution in [2.45, 2.75) is 12.6 Å². The van der Waals surface area contributed by atoms with Gasteiger partial charge in [0.25, 0.3) is 0 Å². The van der Waals surface area contributed by atoms with E-state index in [1.165, 1.54) is 17.7 Å². The summed E-state index contributed by atoms with van der Waals surface area (Å²) in [5.74, 6) is 0. The van der Waals surface area contributed by atoms with Crippen molar-refractivity contribution in [3.63, 3.8) is 0 Å². The molecule has 1 saturated heterocycles. The Labute approximate surface area is 78.6 Å². The number of nitrogens with zero attached hydrogens (tertiary/aromatic N) is 1. The lowest BCUT2D eigenvalue weighted by Gasteiger charge is -2.30. The first-order chi connectivity index (χ1) is 6.45. The number of rotatable bonds is 0. The van der Waals surface area contributed by atoms with Crippen LogP contribution in [0.5, 0.6) is 0 Å². The molecule has 1 atom stereocenters. The van der Waals surface area contributed by atoms with E-state index in [0.29, 0.717) is 6.04 Å². The maximum Gasteiger partial charge on any atom is 0.0479 e. The smallest absolute Gasteiger partial charge is 0.0479 e. The molecule has 0 aromatic heterocycles. The number of benzene rings is 1. The molecule has 0 saturated carbocycles. The van der Waals surface area contributed by atoms with E-state index in [9.17, 15) is 0 Å². The third-order valence-corrected chi connectivity index (χ3v) is 3.14. The van der Waals surface area contributed by atoms with Crippen molar-refractivity contribution in [2.75, 3.05) is 19.6 Å². The molecule has 1 fully saturated rings. The summed E-state index contributed by atoms with van der Waals surface area (Å²) in [6.07, 6.45) is 0. The van der Waals surface area contributed by atoms with Crippen LogP contribution in [0.2, 0.25) is 0 Å². The van der Waals surface area contributed by atoms with E-state index < -0.39 is 0 Å². The average molecular weight is 174 g/mol. The molecule has 13 heavy (non-hydrogen) atoms. The minimum Gasteiger partial charge on any atom is -0.314 e. The lowest BCUT2D eigenvalue weighted by Crippen LogP contribution is -2.42. The van der Waals surface area contributed by atoms with Crippen molar-refractivity contribution in [1.29, 1.82) is 0 Å². The molecule has 2 nitrogen and oxygen atoms in total. The van der Waals surface area contributed by atoms with Gasteiger partial charge in [-0.2, -0.15) is 0 Å². The van der Waals surface area contributed by atoms with Crippen LogP contribution in [0.25, 0.3) is 0 Å². The zero-order valence-electron chi connectivity index (χ0n) is 7.66. The number of fused-ring (bicyclic) bond motifs is 3. The number of hydrogen-bond acceptors (Lipinski definition) is 2. The number of nitrogens with one attached hydrogen (secondary N) is 1. The summed E-state index contributed by atoms with van der Waals surface area (Å²) >= 11 is 0. The Morgan fingerprint density at radius 2 is 2.23 bits per heavy atom. The van der Waals surface area contributed by atoms with Crippen LogP contribution in [0.3, 0.4) is 0 Å². The molecule has 2 heteroatoms. The van der Waals surface area contributed by atoms with Gasteiger partial charge in [-0.05, 0) is 11.1 Å². The standard InChI is InChI=1S/C11H14N2/c1-2-4-10-9(3-1)8-13-6-5-12-7-11(10)13/h1-4,11-12H,5-8H2. The second kappa shape index (κ2) is 2.82. The minimum atomic E-state index is 0.643. The summed E-state index contributed by atoms with van der Waals surface area (Å²) in [6, 6.07) is 9.47. The summed E-state index contributed by atoms with van der Waals surface area (Å²) in [4.78, 5) is 2.57. The Balaban J connectivity index is 2.01. The normalized spacial score (nSPS) is 26.9. The first-order valence-corrected chi connectivity index (χ1v) is 4.98. The highest BCUT2D eigenvalue weighted by molar-refractivity contribution is 5.34. The van der Waals surface area contributed by atoms with Gasteiger partial charge in [-0.3, -0.25) is 4.90 Å². The van der Waals surface area contributed by atoms with Gasteiger partial charge in [0.1, 0.15) is 0 Å². The Bertz CT molecular complexity index is 322. The highest BCUT2D eigenvalue weighted by Gasteiger charge is 2.30. The third kappa shape index (κ3) is 1.10. The molecule has 2 aliphatic heterocycles. The SMILES string of the molecule is c1ccc2c(c1)CN1CCNCC21. The van der Waals surface area contributed by atoms with E-state index in [0.717, 1.165) is 19.6 Å². The lowest BCUT2D eigenvalue weighted by atomic mass is 10.0. The van der Waals surface area contributed by atoms with Crippen LogP contribution in [-0.4, -0.2) is 24.5 Å². The predicted molar refractivity (Wildman–Crippen MR) is 52.5 cm³/mol. The fourth-order valence-electron chi connectivity index (χ4n) is 2.46. The van der Waals surface area contributed by atoms with Crippen molar-refractivity contribution in [3.8, 4) is 0 Å². The van der Waals surface area contributed by atoms with Gasteiger partial charge in [0.2, 0.25) is 0 Å². The predicted octanol–water partition coefficient (Wildman–Crippen LogP) is 1.15. The van der Waals surface area contributed by atoms with Gasteiger partial charge in [-0.15, -0.1) is 0 Å². The maximum atomic E-state index is 3.46. The monoisotopic (exact) mass is 174 g/mol. The maximum absolute atomic E-state index is 3.46. The first kappa shape index (κ1) is 7.54. The summed E-state index contributed by atoms with van der Waals surface area (Å²) in [5.41, 5.74) is 3.06. The zero-order chi connectivity index (χ0) is 8.67. The lowest BCUT2D eigenvalue weighted by molar-refractivity contribution is 0.178. The molecule has 2 heterocycles. The van der Waals surface area contributed by atoms with Crippen molar-refractivity contribution in [3.05, 3.63) is 35.4 Å². The van der Waals surface area contributed by atoms with Gasteiger partial charge >= 0.3 is 0 Å². The fraction of sp³-hybridized carbons (Fsp3) is 0.455. The first-order valence-electron chi connectivity index (χ1n) is 4.98. The topological polar surface area (TPSA) is 15.3 Å². The van der Waals surface area contributed by atoms with E-state index in [1.807, 2.05) is 0 Å². The molecule has 1 aromatic rings. The molecular formula is C11H14N2. The largest absolute Gasteiger partial charge is 0.314 e. The van der Waals surface area contributed by atoms with Crippen LogP contribution in [0.15, 0.2) is 24.3 Å². The van der Waals surface area contributed by atoms with Crippen molar-refractivity contribution >= 4 is 0 Å². The van der Waals surface area contributed by atoms with Gasteiger partial charge in [-0.1, -0.05) is 24.3 Å². The second-order valence-electron chi connectivity index (χ2n) is 3.89. The van der Waals surface area contributed by atoms with E-state index in [4.69, 9.17) is 0 Å². The van der Waals surface area contributed by atoms with Gasteiger partial charge in [-0.25, -0.2) is 0 Å².